The van der Waals surface area contributed by atoms with Gasteiger partial charge in [-0.1, -0.05) is 15.9 Å². The minimum Gasteiger partial charge on any atom is -0.377 e. The normalized spacial score (nSPS) is 25.8. The number of carbonyl (C=O) groups excluding carboxylic acids is 1. The van der Waals surface area contributed by atoms with E-state index in [2.05, 4.69) is 22.9 Å². The van der Waals surface area contributed by atoms with E-state index in [-0.39, 0.29) is 11.5 Å². The number of nitrogens with zero attached hydrogens (tertiary/aromatic N) is 1. The lowest BCUT2D eigenvalue weighted by Gasteiger charge is -2.39. The molecule has 1 fully saturated rings. The number of alkyl halides is 1. The van der Waals surface area contributed by atoms with E-state index in [1.807, 2.05) is 4.90 Å². The quantitative estimate of drug-likeness (QED) is 0.576. The standard InChI is InChI=1S/C12H22BrNO2/c1-12(16-2)7-5-9-14(10-12)11(15)6-3-4-8-13/h3-10H2,1-2H3. The minimum atomic E-state index is -0.136. The Labute approximate surface area is 107 Å². The number of rotatable bonds is 5. The number of methoxy groups -OCH3 is 1. The van der Waals surface area contributed by atoms with Gasteiger partial charge in [0.1, 0.15) is 0 Å². The van der Waals surface area contributed by atoms with E-state index in [4.69, 9.17) is 4.74 Å². The third-order valence-electron chi connectivity index (χ3n) is 3.28. The third-order valence-corrected chi connectivity index (χ3v) is 3.84. The number of ether oxygens (including phenoxy) is 1. The maximum absolute atomic E-state index is 11.9. The van der Waals surface area contributed by atoms with Crippen LogP contribution >= 0.6 is 15.9 Å². The van der Waals surface area contributed by atoms with Crippen molar-refractivity contribution in [2.24, 2.45) is 0 Å². The first-order valence-corrected chi connectivity index (χ1v) is 7.12. The average molecular weight is 292 g/mol. The maximum atomic E-state index is 11.9. The van der Waals surface area contributed by atoms with Gasteiger partial charge in [0.25, 0.3) is 0 Å². The van der Waals surface area contributed by atoms with Crippen LogP contribution < -0.4 is 0 Å². The highest BCUT2D eigenvalue weighted by molar-refractivity contribution is 9.09. The summed E-state index contributed by atoms with van der Waals surface area (Å²) in [5.74, 6) is 0.281. The van der Waals surface area contributed by atoms with Gasteiger partial charge in [-0.2, -0.15) is 0 Å². The molecule has 1 atom stereocenters. The van der Waals surface area contributed by atoms with Gasteiger partial charge in [0, 0.05) is 32.0 Å². The lowest BCUT2D eigenvalue weighted by atomic mass is 9.94. The molecule has 1 saturated heterocycles. The van der Waals surface area contributed by atoms with Crippen molar-refractivity contribution in [3.63, 3.8) is 0 Å². The van der Waals surface area contributed by atoms with Crippen molar-refractivity contribution in [2.75, 3.05) is 25.5 Å². The molecule has 0 radical (unpaired) electrons. The molecule has 1 rings (SSSR count). The van der Waals surface area contributed by atoms with Crippen molar-refractivity contribution < 1.29 is 9.53 Å². The van der Waals surface area contributed by atoms with Gasteiger partial charge >= 0.3 is 0 Å². The van der Waals surface area contributed by atoms with Crippen LogP contribution in [0.3, 0.4) is 0 Å². The van der Waals surface area contributed by atoms with Crippen molar-refractivity contribution in [1.29, 1.82) is 0 Å². The molecular formula is C12H22BrNO2. The van der Waals surface area contributed by atoms with Gasteiger partial charge in [0.2, 0.25) is 5.91 Å². The Morgan fingerprint density at radius 2 is 2.25 bits per heavy atom. The van der Waals surface area contributed by atoms with Gasteiger partial charge in [0.05, 0.1) is 5.60 Å². The Morgan fingerprint density at radius 1 is 1.50 bits per heavy atom. The number of unbranched alkanes of at least 4 members (excludes halogenated alkanes) is 1. The zero-order valence-corrected chi connectivity index (χ0v) is 11.9. The van der Waals surface area contributed by atoms with Crippen LogP contribution in [0.1, 0.15) is 39.0 Å². The SMILES string of the molecule is COC1(C)CCCN(C(=O)CCCCBr)C1. The van der Waals surface area contributed by atoms with Gasteiger partial charge in [0.15, 0.2) is 0 Å². The second-order valence-corrected chi connectivity index (χ2v) is 5.51. The van der Waals surface area contributed by atoms with Crippen LogP contribution in [0, 0.1) is 0 Å². The molecule has 1 aliphatic rings. The van der Waals surface area contributed by atoms with Crippen molar-refractivity contribution in [3.05, 3.63) is 0 Å². The Hall–Kier alpha value is -0.0900. The molecule has 0 bridgehead atoms. The van der Waals surface area contributed by atoms with Gasteiger partial charge in [-0.3, -0.25) is 4.79 Å². The van der Waals surface area contributed by atoms with Crippen LogP contribution in [-0.4, -0.2) is 41.9 Å². The number of piperidine rings is 1. The molecule has 3 nitrogen and oxygen atoms in total. The predicted octanol–water partition coefficient (Wildman–Crippen LogP) is 2.58. The molecule has 94 valence electrons. The topological polar surface area (TPSA) is 29.5 Å². The first kappa shape index (κ1) is 14.0. The monoisotopic (exact) mass is 291 g/mol. The molecule has 4 heteroatoms. The van der Waals surface area contributed by atoms with Crippen molar-refractivity contribution >= 4 is 21.8 Å². The molecule has 0 spiro atoms. The molecule has 1 amide bonds. The van der Waals surface area contributed by atoms with E-state index in [0.29, 0.717) is 6.42 Å². The van der Waals surface area contributed by atoms with Gasteiger partial charge in [-0.25, -0.2) is 0 Å². The second kappa shape index (κ2) is 6.60. The highest BCUT2D eigenvalue weighted by Gasteiger charge is 2.32. The van der Waals surface area contributed by atoms with E-state index in [1.165, 1.54) is 0 Å². The van der Waals surface area contributed by atoms with Crippen LogP contribution in [0.25, 0.3) is 0 Å². The summed E-state index contributed by atoms with van der Waals surface area (Å²) in [7, 11) is 1.73. The first-order chi connectivity index (χ1) is 7.61. The fourth-order valence-corrected chi connectivity index (χ4v) is 2.51. The second-order valence-electron chi connectivity index (χ2n) is 4.72. The summed E-state index contributed by atoms with van der Waals surface area (Å²) in [5, 5.41) is 0.982. The number of halogens is 1. The van der Waals surface area contributed by atoms with Crippen molar-refractivity contribution in [3.8, 4) is 0 Å². The molecule has 0 aromatic rings. The Kier molecular flexibility index (Phi) is 5.76. The minimum absolute atomic E-state index is 0.136. The van der Waals surface area contributed by atoms with E-state index < -0.39 is 0 Å². The van der Waals surface area contributed by atoms with Gasteiger partial charge in [-0.05, 0) is 32.6 Å². The molecule has 1 unspecified atom stereocenters. The number of hydrogen-bond donors (Lipinski definition) is 0. The fourth-order valence-electron chi connectivity index (χ4n) is 2.11. The van der Waals surface area contributed by atoms with Crippen molar-refractivity contribution in [1.82, 2.24) is 4.90 Å². The first-order valence-electron chi connectivity index (χ1n) is 6.00. The fraction of sp³-hybridized carbons (Fsp3) is 0.917. The maximum Gasteiger partial charge on any atom is 0.222 e. The predicted molar refractivity (Wildman–Crippen MR) is 68.9 cm³/mol. The molecule has 0 N–H and O–H groups in total. The molecule has 0 saturated carbocycles. The zero-order chi connectivity index (χ0) is 12.0. The Bertz CT molecular complexity index is 235. The number of hydrogen-bond acceptors (Lipinski definition) is 2. The van der Waals surface area contributed by atoms with Crippen LogP contribution in [-0.2, 0) is 9.53 Å². The molecule has 16 heavy (non-hydrogen) atoms. The lowest BCUT2D eigenvalue weighted by molar-refractivity contribution is -0.139. The van der Waals surface area contributed by atoms with E-state index >= 15 is 0 Å². The van der Waals surface area contributed by atoms with Crippen LogP contribution in [0.15, 0.2) is 0 Å². The van der Waals surface area contributed by atoms with Crippen LogP contribution in [0.5, 0.6) is 0 Å². The summed E-state index contributed by atoms with van der Waals surface area (Å²) in [5.41, 5.74) is -0.136. The van der Waals surface area contributed by atoms with E-state index in [0.717, 1.165) is 44.1 Å². The zero-order valence-electron chi connectivity index (χ0n) is 10.3. The summed E-state index contributed by atoms with van der Waals surface area (Å²) < 4.78 is 5.48. The Balaban J connectivity index is 2.38. The summed E-state index contributed by atoms with van der Waals surface area (Å²) in [6.07, 6.45) is 4.82. The molecule has 1 aliphatic heterocycles. The number of likely N-dealkylation sites (tertiary alicyclic amines) is 1. The number of amides is 1. The molecular weight excluding hydrogens is 270 g/mol. The summed E-state index contributed by atoms with van der Waals surface area (Å²) in [6, 6.07) is 0. The average Bonchev–Trinajstić information content (AvgIpc) is 2.29. The smallest absolute Gasteiger partial charge is 0.222 e. The highest BCUT2D eigenvalue weighted by Crippen LogP contribution is 2.24. The van der Waals surface area contributed by atoms with Crippen molar-refractivity contribution in [2.45, 2.75) is 44.6 Å². The molecule has 1 heterocycles. The van der Waals surface area contributed by atoms with Gasteiger partial charge in [-0.15, -0.1) is 0 Å². The number of carbonyl (C=O) groups is 1. The summed E-state index contributed by atoms with van der Waals surface area (Å²) in [4.78, 5) is 13.9. The third kappa shape index (κ3) is 4.06. The van der Waals surface area contributed by atoms with E-state index in [9.17, 15) is 4.79 Å². The van der Waals surface area contributed by atoms with Gasteiger partial charge < -0.3 is 9.64 Å². The molecule has 0 aromatic heterocycles. The van der Waals surface area contributed by atoms with E-state index in [1.54, 1.807) is 7.11 Å². The summed E-state index contributed by atoms with van der Waals surface area (Å²) in [6.45, 7) is 3.73. The van der Waals surface area contributed by atoms with Crippen LogP contribution in [0.4, 0.5) is 0 Å². The molecule has 0 aromatic carbocycles. The largest absolute Gasteiger partial charge is 0.377 e. The highest BCUT2D eigenvalue weighted by atomic mass is 79.9. The Morgan fingerprint density at radius 3 is 2.88 bits per heavy atom. The van der Waals surface area contributed by atoms with Crippen LogP contribution in [0.2, 0.25) is 0 Å². The molecule has 0 aliphatic carbocycles. The summed E-state index contributed by atoms with van der Waals surface area (Å²) >= 11 is 3.38. The lowest BCUT2D eigenvalue weighted by Crippen LogP contribution is -2.49.